The minimum Gasteiger partial charge on any atom is -0.381 e. The van der Waals surface area contributed by atoms with Crippen LogP contribution in [0.4, 0.5) is 5.82 Å². The van der Waals surface area contributed by atoms with Crippen molar-refractivity contribution >= 4 is 5.82 Å². The Kier molecular flexibility index (Phi) is 5.50. The Morgan fingerprint density at radius 3 is 2.88 bits per heavy atom. The van der Waals surface area contributed by atoms with Crippen LogP contribution >= 0.6 is 0 Å². The van der Waals surface area contributed by atoms with Crippen LogP contribution in [0, 0.1) is 18.3 Å². The second-order valence-electron chi connectivity index (χ2n) is 3.94. The molecule has 0 atom stereocenters. The predicted octanol–water partition coefficient (Wildman–Crippen LogP) is 1.83. The summed E-state index contributed by atoms with van der Waals surface area (Å²) in [5.41, 5.74) is 1.39. The Morgan fingerprint density at radius 1 is 1.47 bits per heavy atom. The van der Waals surface area contributed by atoms with Gasteiger partial charge in [-0.15, -0.1) is 0 Å². The maximum Gasteiger partial charge on any atom is 0.142 e. The van der Waals surface area contributed by atoms with Crippen molar-refractivity contribution in [3.8, 4) is 6.07 Å². The summed E-state index contributed by atoms with van der Waals surface area (Å²) in [6, 6.07) is 2.17. The third-order valence-electron chi connectivity index (χ3n) is 2.44. The smallest absolute Gasteiger partial charge is 0.142 e. The Morgan fingerprint density at radius 2 is 2.24 bits per heavy atom. The van der Waals surface area contributed by atoms with Crippen molar-refractivity contribution in [3.63, 3.8) is 0 Å². The van der Waals surface area contributed by atoms with Gasteiger partial charge in [0.1, 0.15) is 17.5 Å². The van der Waals surface area contributed by atoms with Gasteiger partial charge in [-0.05, 0) is 19.8 Å². The largest absolute Gasteiger partial charge is 0.381 e. The number of hydrogen-bond acceptors (Lipinski definition) is 4. The summed E-state index contributed by atoms with van der Waals surface area (Å²) in [5.74, 6) is 0.792. The van der Waals surface area contributed by atoms with Gasteiger partial charge < -0.3 is 10.1 Å². The van der Waals surface area contributed by atoms with Gasteiger partial charge in [0.2, 0.25) is 0 Å². The summed E-state index contributed by atoms with van der Waals surface area (Å²) in [7, 11) is 1.84. The highest BCUT2D eigenvalue weighted by Gasteiger charge is 2.11. The van der Waals surface area contributed by atoms with Gasteiger partial charge in [-0.25, -0.2) is 0 Å². The molecule has 0 amide bonds. The number of hydrogen-bond donors (Lipinski definition) is 1. The first-order chi connectivity index (χ1) is 8.20. The Hall–Kier alpha value is -1.54. The first-order valence-electron chi connectivity index (χ1n) is 5.96. The predicted molar refractivity (Wildman–Crippen MR) is 66.9 cm³/mol. The highest BCUT2D eigenvalue weighted by molar-refractivity contribution is 5.54. The van der Waals surface area contributed by atoms with Crippen molar-refractivity contribution in [3.05, 3.63) is 11.3 Å². The minimum absolute atomic E-state index is 0.627. The molecule has 0 spiro atoms. The van der Waals surface area contributed by atoms with Gasteiger partial charge >= 0.3 is 0 Å². The summed E-state index contributed by atoms with van der Waals surface area (Å²) in [5, 5.41) is 16.5. The molecule has 1 heterocycles. The van der Waals surface area contributed by atoms with Gasteiger partial charge in [-0.3, -0.25) is 4.68 Å². The fourth-order valence-corrected chi connectivity index (χ4v) is 1.62. The molecule has 1 aromatic rings. The van der Waals surface area contributed by atoms with E-state index in [0.717, 1.165) is 44.1 Å². The fraction of sp³-hybridized carbons (Fsp3) is 0.667. The quantitative estimate of drug-likeness (QED) is 0.734. The van der Waals surface area contributed by atoms with E-state index in [1.807, 2.05) is 14.0 Å². The summed E-state index contributed by atoms with van der Waals surface area (Å²) >= 11 is 0. The van der Waals surface area contributed by atoms with E-state index in [1.165, 1.54) is 0 Å². The molecule has 0 saturated heterocycles. The van der Waals surface area contributed by atoms with Crippen molar-refractivity contribution < 1.29 is 4.74 Å². The first-order valence-corrected chi connectivity index (χ1v) is 5.96. The third-order valence-corrected chi connectivity index (χ3v) is 2.44. The molecule has 0 fully saturated rings. The Labute approximate surface area is 102 Å². The van der Waals surface area contributed by atoms with E-state index < -0.39 is 0 Å². The number of nitrogens with zero attached hydrogens (tertiary/aromatic N) is 3. The van der Waals surface area contributed by atoms with Gasteiger partial charge in [0, 0.05) is 26.8 Å². The van der Waals surface area contributed by atoms with Gasteiger partial charge in [-0.2, -0.15) is 10.4 Å². The van der Waals surface area contributed by atoms with Crippen molar-refractivity contribution in [1.29, 1.82) is 5.26 Å². The Balaban J connectivity index is 2.39. The zero-order valence-electron chi connectivity index (χ0n) is 10.8. The summed E-state index contributed by atoms with van der Waals surface area (Å²) < 4.78 is 7.09. The monoisotopic (exact) mass is 236 g/mol. The molecule has 0 aliphatic carbocycles. The number of rotatable bonds is 7. The lowest BCUT2D eigenvalue weighted by Gasteiger charge is -2.07. The van der Waals surface area contributed by atoms with Crippen LogP contribution in [0.15, 0.2) is 0 Å². The minimum atomic E-state index is 0.627. The van der Waals surface area contributed by atoms with Gasteiger partial charge in [0.25, 0.3) is 0 Å². The zero-order chi connectivity index (χ0) is 12.7. The average molecular weight is 236 g/mol. The first kappa shape index (κ1) is 13.5. The number of aromatic nitrogens is 2. The van der Waals surface area contributed by atoms with Crippen LogP contribution in [-0.2, 0) is 11.8 Å². The number of nitrogens with one attached hydrogen (secondary N) is 1. The maximum absolute atomic E-state index is 9.02. The number of nitriles is 1. The second-order valence-corrected chi connectivity index (χ2v) is 3.94. The molecule has 1 rings (SSSR count). The molecule has 17 heavy (non-hydrogen) atoms. The molecular weight excluding hydrogens is 216 g/mol. The van der Waals surface area contributed by atoms with Gasteiger partial charge in [-0.1, -0.05) is 6.92 Å². The molecule has 0 bridgehead atoms. The molecule has 5 heteroatoms. The highest BCUT2D eigenvalue weighted by atomic mass is 16.5. The lowest BCUT2D eigenvalue weighted by molar-refractivity contribution is 0.134. The van der Waals surface area contributed by atoms with Crippen molar-refractivity contribution in [2.75, 3.05) is 25.1 Å². The topological polar surface area (TPSA) is 62.9 Å². The molecule has 1 aromatic heterocycles. The third kappa shape index (κ3) is 3.75. The molecule has 0 saturated carbocycles. The molecule has 0 radical (unpaired) electrons. The van der Waals surface area contributed by atoms with Crippen LogP contribution in [0.2, 0.25) is 0 Å². The maximum atomic E-state index is 9.02. The summed E-state index contributed by atoms with van der Waals surface area (Å²) in [6.45, 7) is 6.29. The lowest BCUT2D eigenvalue weighted by atomic mass is 10.2. The van der Waals surface area contributed by atoms with Crippen molar-refractivity contribution in [2.45, 2.75) is 26.7 Å². The van der Waals surface area contributed by atoms with Gasteiger partial charge in [0.15, 0.2) is 0 Å². The zero-order valence-corrected chi connectivity index (χ0v) is 10.8. The lowest BCUT2D eigenvalue weighted by Crippen LogP contribution is -2.10. The molecule has 5 nitrogen and oxygen atoms in total. The molecule has 0 unspecified atom stereocenters. The van der Waals surface area contributed by atoms with Crippen LogP contribution < -0.4 is 5.32 Å². The van der Waals surface area contributed by atoms with E-state index in [1.54, 1.807) is 4.68 Å². The molecule has 0 aliphatic heterocycles. The molecular formula is C12H20N4O. The van der Waals surface area contributed by atoms with E-state index in [0.29, 0.717) is 5.56 Å². The summed E-state index contributed by atoms with van der Waals surface area (Å²) in [6.07, 6.45) is 1.97. The van der Waals surface area contributed by atoms with E-state index >= 15 is 0 Å². The van der Waals surface area contributed by atoms with E-state index in [2.05, 4.69) is 23.4 Å². The fourth-order valence-electron chi connectivity index (χ4n) is 1.62. The van der Waals surface area contributed by atoms with Crippen molar-refractivity contribution in [2.24, 2.45) is 7.05 Å². The SMILES string of the molecule is CCCOCCCNc1c(C#N)c(C)nn1C. The molecule has 94 valence electrons. The van der Waals surface area contributed by atoms with E-state index in [9.17, 15) is 0 Å². The van der Waals surface area contributed by atoms with E-state index in [-0.39, 0.29) is 0 Å². The average Bonchev–Trinajstić information content (AvgIpc) is 2.58. The molecule has 0 aromatic carbocycles. The van der Waals surface area contributed by atoms with Crippen LogP contribution in [0.3, 0.4) is 0 Å². The Bertz CT molecular complexity index is 392. The van der Waals surface area contributed by atoms with Crippen LogP contribution in [-0.4, -0.2) is 29.5 Å². The highest BCUT2D eigenvalue weighted by Crippen LogP contribution is 2.16. The normalized spacial score (nSPS) is 10.2. The number of anilines is 1. The summed E-state index contributed by atoms with van der Waals surface area (Å²) in [4.78, 5) is 0. The van der Waals surface area contributed by atoms with E-state index in [4.69, 9.17) is 10.00 Å². The van der Waals surface area contributed by atoms with Crippen LogP contribution in [0.25, 0.3) is 0 Å². The van der Waals surface area contributed by atoms with Crippen molar-refractivity contribution in [1.82, 2.24) is 9.78 Å². The van der Waals surface area contributed by atoms with Crippen LogP contribution in [0.5, 0.6) is 0 Å². The number of aryl methyl sites for hydroxylation is 2. The van der Waals surface area contributed by atoms with Crippen LogP contribution in [0.1, 0.15) is 31.0 Å². The van der Waals surface area contributed by atoms with Gasteiger partial charge in [0.05, 0.1) is 5.69 Å². The standard InChI is InChI=1S/C12H20N4O/c1-4-7-17-8-5-6-14-12-11(9-13)10(2)15-16(12)3/h14H,4-8H2,1-3H3. The molecule has 1 N–H and O–H groups in total. The second kappa shape index (κ2) is 6.92. The number of ether oxygens (including phenoxy) is 1. The molecule has 0 aliphatic rings.